The molecule has 0 aliphatic carbocycles. The molecule has 10 heteroatoms. The summed E-state index contributed by atoms with van der Waals surface area (Å²) >= 11 is 7.93. The molecule has 0 bridgehead atoms. The van der Waals surface area contributed by atoms with E-state index in [1.165, 1.54) is 22.2 Å². The van der Waals surface area contributed by atoms with Crippen LogP contribution in [0.15, 0.2) is 25.7 Å². The number of halogens is 2. The van der Waals surface area contributed by atoms with Crippen LogP contribution in [-0.2, 0) is 7.05 Å². The van der Waals surface area contributed by atoms with E-state index < -0.39 is 0 Å². The Bertz CT molecular complexity index is 674. The van der Waals surface area contributed by atoms with Crippen molar-refractivity contribution in [3.63, 3.8) is 0 Å². The van der Waals surface area contributed by atoms with Crippen LogP contribution in [0, 0.1) is 0 Å². The van der Waals surface area contributed by atoms with Crippen molar-refractivity contribution in [2.24, 2.45) is 17.9 Å². The average Bonchev–Trinajstić information content (AvgIpc) is 2.94. The number of nitrogens with zero attached hydrogens (tertiary/aromatic N) is 3. The number of anilines is 1. The smallest absolute Gasteiger partial charge is 0.266 e. The maximum atomic E-state index is 12.2. The second-order valence-electron chi connectivity index (χ2n) is 3.70. The highest BCUT2D eigenvalue weighted by Crippen LogP contribution is 2.32. The Morgan fingerprint density at radius 2 is 2.30 bits per heavy atom. The minimum Gasteiger partial charge on any atom is -0.409 e. The quantitative estimate of drug-likeness (QED) is 0.305. The highest BCUT2D eigenvalue weighted by atomic mass is 79.9. The summed E-state index contributed by atoms with van der Waals surface area (Å²) in [6, 6.07) is 1.70. The third-order valence-electron chi connectivity index (χ3n) is 2.42. The zero-order valence-corrected chi connectivity index (χ0v) is 14.1. The maximum Gasteiger partial charge on any atom is 0.266 e. The van der Waals surface area contributed by atoms with Gasteiger partial charge in [0.15, 0.2) is 5.84 Å². The number of nitrogens with two attached hydrogens (primary N) is 1. The van der Waals surface area contributed by atoms with E-state index in [0.717, 1.165) is 8.26 Å². The number of nitrogens with one attached hydrogen (secondary N) is 1. The summed E-state index contributed by atoms with van der Waals surface area (Å²) in [7, 11) is 1.64. The summed E-state index contributed by atoms with van der Waals surface area (Å²) in [5.74, 6) is -0.0788. The van der Waals surface area contributed by atoms with Gasteiger partial charge in [-0.2, -0.15) is 5.10 Å². The van der Waals surface area contributed by atoms with E-state index in [4.69, 9.17) is 10.9 Å². The molecule has 0 atom stereocenters. The topological polar surface area (TPSA) is 106 Å². The fourth-order valence-electron chi connectivity index (χ4n) is 1.45. The SMILES string of the molecule is Cn1ncc(C(N)=NO)c1NC(=O)c1cc(Br)c(Br)s1. The van der Waals surface area contributed by atoms with Crippen molar-refractivity contribution in [1.29, 1.82) is 0 Å². The number of thiophene rings is 1. The molecule has 106 valence electrons. The number of carbonyl (C=O) groups is 1. The van der Waals surface area contributed by atoms with Gasteiger partial charge >= 0.3 is 0 Å². The number of hydrogen-bond donors (Lipinski definition) is 3. The summed E-state index contributed by atoms with van der Waals surface area (Å²) in [4.78, 5) is 12.7. The molecule has 2 aromatic rings. The minimum absolute atomic E-state index is 0.123. The van der Waals surface area contributed by atoms with E-state index in [1.807, 2.05) is 0 Å². The second-order valence-corrected chi connectivity index (χ2v) is 6.93. The standard InChI is InChI=1S/C10H9Br2N5O2S/c1-17-9(4(3-14-17)8(13)16-19)15-10(18)6-2-5(11)7(12)20-6/h2-3,19H,1H3,(H2,13,16)(H,15,18). The third-order valence-corrected chi connectivity index (χ3v) is 5.68. The Labute approximate surface area is 134 Å². The molecule has 2 heterocycles. The summed E-state index contributed by atoms with van der Waals surface area (Å²) in [6.07, 6.45) is 1.41. The van der Waals surface area contributed by atoms with Gasteiger partial charge in [-0.1, -0.05) is 5.16 Å². The third kappa shape index (κ3) is 2.86. The van der Waals surface area contributed by atoms with Crippen LogP contribution in [-0.4, -0.2) is 26.7 Å². The van der Waals surface area contributed by atoms with Crippen molar-refractivity contribution in [1.82, 2.24) is 9.78 Å². The fourth-order valence-corrected chi connectivity index (χ4v) is 3.39. The molecule has 20 heavy (non-hydrogen) atoms. The molecule has 0 unspecified atom stereocenters. The van der Waals surface area contributed by atoms with Gasteiger partial charge < -0.3 is 16.3 Å². The van der Waals surface area contributed by atoms with Gasteiger partial charge in [0, 0.05) is 11.5 Å². The fraction of sp³-hybridized carbons (Fsp3) is 0.100. The molecule has 0 spiro atoms. The molecular weight excluding hydrogens is 414 g/mol. The lowest BCUT2D eigenvalue weighted by Gasteiger charge is -2.06. The Morgan fingerprint density at radius 1 is 1.60 bits per heavy atom. The number of oxime groups is 1. The number of rotatable bonds is 3. The van der Waals surface area contributed by atoms with Gasteiger partial charge in [0.2, 0.25) is 0 Å². The predicted octanol–water partition coefficient (Wildman–Crippen LogP) is 2.35. The number of amidine groups is 1. The first-order valence-electron chi connectivity index (χ1n) is 5.20. The van der Waals surface area contributed by atoms with Gasteiger partial charge in [-0.15, -0.1) is 11.3 Å². The summed E-state index contributed by atoms with van der Waals surface area (Å²) in [5, 5.41) is 18.3. The summed E-state index contributed by atoms with van der Waals surface area (Å²) in [6.45, 7) is 0. The van der Waals surface area contributed by atoms with Gasteiger partial charge in [0.1, 0.15) is 5.82 Å². The largest absolute Gasteiger partial charge is 0.409 e. The Balaban J connectivity index is 2.30. The molecule has 0 fully saturated rings. The van der Waals surface area contributed by atoms with E-state index in [2.05, 4.69) is 47.4 Å². The first-order valence-corrected chi connectivity index (χ1v) is 7.60. The van der Waals surface area contributed by atoms with E-state index >= 15 is 0 Å². The van der Waals surface area contributed by atoms with Crippen LogP contribution in [0.4, 0.5) is 5.82 Å². The molecule has 0 radical (unpaired) electrons. The van der Waals surface area contributed by atoms with Crippen molar-refractivity contribution >= 4 is 60.8 Å². The Morgan fingerprint density at radius 3 is 2.85 bits per heavy atom. The lowest BCUT2D eigenvalue weighted by Crippen LogP contribution is -2.19. The molecule has 0 aromatic carbocycles. The van der Waals surface area contributed by atoms with Gasteiger partial charge in [0.05, 0.1) is 20.4 Å². The van der Waals surface area contributed by atoms with Crippen molar-refractivity contribution in [2.75, 3.05) is 5.32 Å². The first-order chi connectivity index (χ1) is 9.43. The molecule has 1 amide bonds. The van der Waals surface area contributed by atoms with Crippen molar-refractivity contribution < 1.29 is 10.0 Å². The Hall–Kier alpha value is -1.39. The number of hydrogen-bond acceptors (Lipinski definition) is 5. The molecule has 0 saturated carbocycles. The zero-order chi connectivity index (χ0) is 14.9. The lowest BCUT2D eigenvalue weighted by molar-refractivity contribution is 0.102. The summed E-state index contributed by atoms with van der Waals surface area (Å²) < 4.78 is 3.06. The Kier molecular flexibility index (Phi) is 4.45. The average molecular weight is 423 g/mol. The van der Waals surface area contributed by atoms with Crippen LogP contribution in [0.1, 0.15) is 15.2 Å². The van der Waals surface area contributed by atoms with Crippen molar-refractivity contribution in [3.8, 4) is 0 Å². The number of amides is 1. The van der Waals surface area contributed by atoms with Crippen LogP contribution in [0.2, 0.25) is 0 Å². The molecule has 2 aromatic heterocycles. The normalized spacial score (nSPS) is 11.7. The van der Waals surface area contributed by atoms with E-state index in [-0.39, 0.29) is 11.7 Å². The minimum atomic E-state index is -0.308. The molecule has 4 N–H and O–H groups in total. The van der Waals surface area contributed by atoms with E-state index in [0.29, 0.717) is 16.3 Å². The molecular formula is C10H9Br2N5O2S. The lowest BCUT2D eigenvalue weighted by atomic mass is 10.3. The molecule has 2 rings (SSSR count). The van der Waals surface area contributed by atoms with Crippen molar-refractivity contribution in [2.45, 2.75) is 0 Å². The zero-order valence-electron chi connectivity index (χ0n) is 10.1. The number of carbonyl (C=O) groups excluding carboxylic acids is 1. The predicted molar refractivity (Wildman–Crippen MR) is 83.4 cm³/mol. The van der Waals surface area contributed by atoms with Crippen LogP contribution in [0.25, 0.3) is 0 Å². The highest BCUT2D eigenvalue weighted by Gasteiger charge is 2.18. The van der Waals surface area contributed by atoms with Gasteiger partial charge in [-0.05, 0) is 37.9 Å². The second kappa shape index (κ2) is 5.94. The summed E-state index contributed by atoms with van der Waals surface area (Å²) in [5.41, 5.74) is 5.88. The highest BCUT2D eigenvalue weighted by molar-refractivity contribution is 9.13. The van der Waals surface area contributed by atoms with Gasteiger partial charge in [-0.25, -0.2) is 0 Å². The van der Waals surface area contributed by atoms with Crippen LogP contribution in [0.3, 0.4) is 0 Å². The van der Waals surface area contributed by atoms with Crippen molar-refractivity contribution in [3.05, 3.63) is 31.0 Å². The molecule has 0 saturated heterocycles. The maximum absolute atomic E-state index is 12.2. The number of aryl methyl sites for hydroxylation is 1. The van der Waals surface area contributed by atoms with Gasteiger partial charge in [0.25, 0.3) is 5.91 Å². The monoisotopic (exact) mass is 421 g/mol. The van der Waals surface area contributed by atoms with E-state index in [1.54, 1.807) is 13.1 Å². The first kappa shape index (κ1) is 15.0. The molecule has 7 nitrogen and oxygen atoms in total. The van der Waals surface area contributed by atoms with Crippen LogP contribution < -0.4 is 11.1 Å². The molecule has 0 aliphatic heterocycles. The van der Waals surface area contributed by atoms with Crippen LogP contribution in [0.5, 0.6) is 0 Å². The van der Waals surface area contributed by atoms with E-state index in [9.17, 15) is 4.79 Å². The number of aromatic nitrogens is 2. The van der Waals surface area contributed by atoms with Crippen LogP contribution >= 0.6 is 43.2 Å². The molecule has 0 aliphatic rings. The van der Waals surface area contributed by atoms with Gasteiger partial charge in [-0.3, -0.25) is 9.48 Å².